The molecule has 112 valence electrons. The van der Waals surface area contributed by atoms with E-state index in [0.717, 1.165) is 20.8 Å². The van der Waals surface area contributed by atoms with Crippen LogP contribution in [0.25, 0.3) is 11.0 Å². The van der Waals surface area contributed by atoms with Crippen LogP contribution in [0.5, 0.6) is 5.88 Å². The van der Waals surface area contributed by atoms with Gasteiger partial charge in [0.15, 0.2) is 0 Å². The van der Waals surface area contributed by atoms with Crippen molar-refractivity contribution in [1.82, 2.24) is 14.9 Å². The molecule has 2 heterocycles. The predicted octanol–water partition coefficient (Wildman–Crippen LogP) is 3.44. The molecule has 3 aromatic rings. The summed E-state index contributed by atoms with van der Waals surface area (Å²) in [6.07, 6.45) is 1.24. The zero-order chi connectivity index (χ0) is 15.5. The molecule has 3 rings (SSSR count). The molecule has 0 saturated carbocycles. The molecule has 0 aliphatic heterocycles. The van der Waals surface area contributed by atoms with Crippen molar-refractivity contribution < 1.29 is 9.53 Å². The van der Waals surface area contributed by atoms with Crippen LogP contribution >= 0.6 is 11.8 Å². The van der Waals surface area contributed by atoms with Gasteiger partial charge in [-0.1, -0.05) is 30.0 Å². The minimum atomic E-state index is -0.499. The molecule has 0 atom stereocenters. The van der Waals surface area contributed by atoms with Crippen LogP contribution in [0.3, 0.4) is 0 Å². The lowest BCUT2D eigenvalue weighted by atomic mass is 10.4. The van der Waals surface area contributed by atoms with E-state index in [9.17, 15) is 4.79 Å². The van der Waals surface area contributed by atoms with Crippen LogP contribution in [0.1, 0.15) is 0 Å². The van der Waals surface area contributed by atoms with Crippen LogP contribution < -0.4 is 10.1 Å². The third-order valence-electron chi connectivity index (χ3n) is 3.22. The number of hydrogen-bond donors (Lipinski definition) is 1. The number of aromatic nitrogens is 2. The first-order valence-electron chi connectivity index (χ1n) is 6.76. The van der Waals surface area contributed by atoms with Gasteiger partial charge >= 0.3 is 6.09 Å². The first-order chi connectivity index (χ1) is 10.7. The van der Waals surface area contributed by atoms with Gasteiger partial charge in [-0.15, -0.1) is 0 Å². The van der Waals surface area contributed by atoms with Crippen molar-refractivity contribution in [3.63, 3.8) is 0 Å². The molecule has 0 aliphatic carbocycles. The van der Waals surface area contributed by atoms with E-state index in [1.165, 1.54) is 18.8 Å². The highest BCUT2D eigenvalue weighted by atomic mass is 32.2. The summed E-state index contributed by atoms with van der Waals surface area (Å²) < 4.78 is 7.27. The fourth-order valence-electron chi connectivity index (χ4n) is 2.16. The van der Waals surface area contributed by atoms with E-state index in [0.29, 0.717) is 5.88 Å². The van der Waals surface area contributed by atoms with Crippen molar-refractivity contribution in [3.8, 4) is 5.88 Å². The van der Waals surface area contributed by atoms with E-state index in [1.54, 1.807) is 6.20 Å². The highest BCUT2D eigenvalue weighted by Crippen LogP contribution is 2.41. The third kappa shape index (κ3) is 2.65. The summed E-state index contributed by atoms with van der Waals surface area (Å²) in [6.45, 7) is 0. The number of nitrogens with one attached hydrogen (secondary N) is 1. The molecule has 22 heavy (non-hydrogen) atoms. The van der Waals surface area contributed by atoms with Crippen LogP contribution in [-0.2, 0) is 7.05 Å². The number of benzene rings is 1. The fraction of sp³-hybridized carbons (Fsp3) is 0.125. The van der Waals surface area contributed by atoms with E-state index in [4.69, 9.17) is 4.74 Å². The zero-order valence-electron chi connectivity index (χ0n) is 12.2. The monoisotopic (exact) mass is 313 g/mol. The van der Waals surface area contributed by atoms with E-state index in [-0.39, 0.29) is 0 Å². The van der Waals surface area contributed by atoms with Crippen molar-refractivity contribution in [1.29, 1.82) is 0 Å². The lowest BCUT2D eigenvalue weighted by Gasteiger charge is -2.07. The SMILES string of the molecule is CNC(=O)Oc1c(Sc2ccccc2)c2ncccc2n1C. The van der Waals surface area contributed by atoms with Crippen LogP contribution in [0, 0.1) is 0 Å². The summed E-state index contributed by atoms with van der Waals surface area (Å²) in [4.78, 5) is 18.0. The second-order valence-corrected chi connectivity index (χ2v) is 5.70. The second kappa shape index (κ2) is 6.11. The molecule has 0 unspecified atom stereocenters. The van der Waals surface area contributed by atoms with Gasteiger partial charge in [-0.25, -0.2) is 4.79 Å². The van der Waals surface area contributed by atoms with Crippen molar-refractivity contribution in [2.45, 2.75) is 9.79 Å². The molecule has 1 aromatic carbocycles. The van der Waals surface area contributed by atoms with E-state index in [2.05, 4.69) is 10.3 Å². The number of nitrogens with zero attached hydrogens (tertiary/aromatic N) is 2. The molecule has 6 heteroatoms. The van der Waals surface area contributed by atoms with Gasteiger partial charge < -0.3 is 14.6 Å². The van der Waals surface area contributed by atoms with Gasteiger partial charge in [-0.05, 0) is 24.3 Å². The number of hydrogen-bond acceptors (Lipinski definition) is 4. The third-order valence-corrected chi connectivity index (χ3v) is 4.30. The Morgan fingerprint density at radius 2 is 2.00 bits per heavy atom. The largest absolute Gasteiger partial charge is 0.413 e. The fourth-order valence-corrected chi connectivity index (χ4v) is 3.21. The van der Waals surface area contributed by atoms with Crippen LogP contribution in [0.15, 0.2) is 58.5 Å². The van der Waals surface area contributed by atoms with Gasteiger partial charge in [0.1, 0.15) is 10.4 Å². The number of aryl methyl sites for hydroxylation is 1. The summed E-state index contributed by atoms with van der Waals surface area (Å²) in [6, 6.07) is 13.7. The molecule has 0 fully saturated rings. The lowest BCUT2D eigenvalue weighted by molar-refractivity contribution is 0.198. The summed E-state index contributed by atoms with van der Waals surface area (Å²) in [5.74, 6) is 0.488. The summed E-state index contributed by atoms with van der Waals surface area (Å²) in [5.41, 5.74) is 1.73. The number of ether oxygens (including phenoxy) is 1. The van der Waals surface area contributed by atoms with Gasteiger partial charge in [-0.2, -0.15) is 0 Å². The maximum atomic E-state index is 11.6. The van der Waals surface area contributed by atoms with Gasteiger partial charge in [-0.3, -0.25) is 4.98 Å². The van der Waals surface area contributed by atoms with Crippen LogP contribution in [0.4, 0.5) is 4.79 Å². The predicted molar refractivity (Wildman–Crippen MR) is 86.4 cm³/mol. The number of carbonyl (C=O) groups excluding carboxylic acids is 1. The summed E-state index contributed by atoms with van der Waals surface area (Å²) in [7, 11) is 3.39. The molecule has 0 radical (unpaired) electrons. The minimum Gasteiger partial charge on any atom is -0.392 e. The standard InChI is InChI=1S/C16H15N3O2S/c1-17-16(20)21-15-14(22-11-7-4-3-5-8-11)13-12(19(15)2)9-6-10-18-13/h3-10H,1-2H3,(H,17,20). The van der Waals surface area contributed by atoms with E-state index < -0.39 is 6.09 Å². The average Bonchev–Trinajstić information content (AvgIpc) is 2.82. The summed E-state index contributed by atoms with van der Waals surface area (Å²) in [5, 5.41) is 2.47. The highest BCUT2D eigenvalue weighted by molar-refractivity contribution is 7.99. The topological polar surface area (TPSA) is 56.1 Å². The lowest BCUT2D eigenvalue weighted by Crippen LogP contribution is -2.23. The molecule has 1 N–H and O–H groups in total. The maximum absolute atomic E-state index is 11.6. The number of carbonyl (C=O) groups is 1. The molecule has 0 bridgehead atoms. The van der Waals surface area contributed by atoms with Crippen molar-refractivity contribution in [3.05, 3.63) is 48.7 Å². The normalized spacial score (nSPS) is 10.6. The molecular formula is C16H15N3O2S. The molecule has 0 saturated heterocycles. The van der Waals surface area contributed by atoms with E-state index in [1.807, 2.05) is 54.1 Å². The Kier molecular flexibility index (Phi) is 4.02. The summed E-state index contributed by atoms with van der Waals surface area (Å²) >= 11 is 1.53. The van der Waals surface area contributed by atoms with E-state index >= 15 is 0 Å². The Bertz CT molecular complexity index is 815. The van der Waals surface area contributed by atoms with Crippen molar-refractivity contribution >= 4 is 28.9 Å². The molecule has 1 amide bonds. The van der Waals surface area contributed by atoms with Gasteiger partial charge in [0.25, 0.3) is 0 Å². The Morgan fingerprint density at radius 3 is 2.73 bits per heavy atom. The quantitative estimate of drug-likeness (QED) is 0.805. The Labute approximate surface area is 132 Å². The zero-order valence-corrected chi connectivity index (χ0v) is 13.1. The molecule has 5 nitrogen and oxygen atoms in total. The molecule has 0 aliphatic rings. The number of fused-ring (bicyclic) bond motifs is 1. The van der Waals surface area contributed by atoms with Gasteiger partial charge in [0.05, 0.1) is 5.52 Å². The average molecular weight is 313 g/mol. The molecule has 2 aromatic heterocycles. The number of rotatable bonds is 3. The van der Waals surface area contributed by atoms with Gasteiger partial charge in [0, 0.05) is 25.2 Å². The first kappa shape index (κ1) is 14.5. The Balaban J connectivity index is 2.13. The van der Waals surface area contributed by atoms with Gasteiger partial charge in [0.2, 0.25) is 5.88 Å². The number of amides is 1. The second-order valence-electron chi connectivity index (χ2n) is 4.62. The van der Waals surface area contributed by atoms with Crippen LogP contribution in [-0.4, -0.2) is 22.7 Å². The first-order valence-corrected chi connectivity index (χ1v) is 7.58. The maximum Gasteiger partial charge on any atom is 0.413 e. The molecular weight excluding hydrogens is 298 g/mol. The Hall–Kier alpha value is -2.47. The minimum absolute atomic E-state index is 0.488. The Morgan fingerprint density at radius 1 is 1.23 bits per heavy atom. The van der Waals surface area contributed by atoms with Crippen molar-refractivity contribution in [2.24, 2.45) is 7.05 Å². The number of pyridine rings is 1. The highest BCUT2D eigenvalue weighted by Gasteiger charge is 2.20. The van der Waals surface area contributed by atoms with Crippen molar-refractivity contribution in [2.75, 3.05) is 7.05 Å². The smallest absolute Gasteiger partial charge is 0.392 e. The molecule has 0 spiro atoms. The van der Waals surface area contributed by atoms with Crippen LogP contribution in [0.2, 0.25) is 0 Å².